The molecule has 144 valence electrons. The summed E-state index contributed by atoms with van der Waals surface area (Å²) in [5, 5.41) is 0. The second kappa shape index (κ2) is 11.7. The van der Waals surface area contributed by atoms with Gasteiger partial charge in [-0.2, -0.15) is 5.43 Å². The van der Waals surface area contributed by atoms with Crippen LogP contribution in [0, 0.1) is 13.8 Å². The number of rotatable bonds is 13. The fourth-order valence-electron chi connectivity index (χ4n) is 3.42. The van der Waals surface area contributed by atoms with Crippen LogP contribution in [0.1, 0.15) is 64.5 Å². The van der Waals surface area contributed by atoms with Gasteiger partial charge in [0.2, 0.25) is 0 Å². The number of hydrogen-bond donors (Lipinski definition) is 1. The Morgan fingerprint density at radius 2 is 1.44 bits per heavy atom. The molecule has 1 aromatic rings. The Kier molecular flexibility index (Phi) is 10.3. The van der Waals surface area contributed by atoms with Crippen LogP contribution in [-0.4, -0.2) is 44.2 Å². The predicted octanol–water partition coefficient (Wildman–Crippen LogP) is 5.06. The summed E-state index contributed by atoms with van der Waals surface area (Å²) in [5.41, 5.74) is 8.03. The van der Waals surface area contributed by atoms with Crippen LogP contribution in [0.2, 0.25) is 0 Å². The minimum absolute atomic E-state index is 0.872. The van der Waals surface area contributed by atoms with E-state index in [0.717, 1.165) is 30.8 Å². The number of nitrogens with zero attached hydrogens (tertiary/aromatic N) is 2. The molecule has 3 heteroatoms. The zero-order chi connectivity index (χ0) is 18.7. The van der Waals surface area contributed by atoms with E-state index < -0.39 is 0 Å². The van der Waals surface area contributed by atoms with Crippen LogP contribution in [0.25, 0.3) is 0 Å². The van der Waals surface area contributed by atoms with Gasteiger partial charge in [-0.3, -0.25) is 0 Å². The third kappa shape index (κ3) is 6.73. The highest BCUT2D eigenvalue weighted by Gasteiger charge is 2.27. The number of unbranched alkanes of at least 4 members (excludes halogenated alkanes) is 2. The number of benzene rings is 1. The number of aryl methyl sites for hydroxylation is 2. The van der Waals surface area contributed by atoms with Crippen molar-refractivity contribution in [2.45, 2.75) is 67.2 Å². The lowest BCUT2D eigenvalue weighted by molar-refractivity contribution is 0.183. The smallest absolute Gasteiger partial charge is 0.152 e. The van der Waals surface area contributed by atoms with E-state index in [1.165, 1.54) is 55.6 Å². The molecule has 0 fully saturated rings. The van der Waals surface area contributed by atoms with Gasteiger partial charge < -0.3 is 4.90 Å². The summed E-state index contributed by atoms with van der Waals surface area (Å²) in [5.74, 6) is 0. The maximum Gasteiger partial charge on any atom is 0.152 e. The van der Waals surface area contributed by atoms with Crippen LogP contribution >= 0.6 is 0 Å². The molecular formula is C22H42N3+. The van der Waals surface area contributed by atoms with E-state index in [4.69, 9.17) is 0 Å². The molecule has 0 radical (unpaired) electrons. The molecule has 1 N–H and O–H groups in total. The molecule has 0 saturated heterocycles. The highest BCUT2D eigenvalue weighted by Crippen LogP contribution is 2.23. The molecule has 0 heterocycles. The maximum absolute atomic E-state index is 3.87. The first-order valence-electron chi connectivity index (χ1n) is 10.4. The lowest BCUT2D eigenvalue weighted by Gasteiger charge is -2.37. The molecule has 0 unspecified atom stereocenters. The average Bonchev–Trinajstić information content (AvgIpc) is 2.63. The fourth-order valence-corrected chi connectivity index (χ4v) is 3.42. The van der Waals surface area contributed by atoms with Gasteiger partial charge in [-0.25, -0.2) is 4.59 Å². The molecule has 1 rings (SSSR count). The Hall–Kier alpha value is -0.900. The van der Waals surface area contributed by atoms with E-state index in [2.05, 4.69) is 70.1 Å². The lowest BCUT2D eigenvalue weighted by Crippen LogP contribution is -2.61. The quantitative estimate of drug-likeness (QED) is 0.396. The molecule has 1 aromatic carbocycles. The first-order valence-corrected chi connectivity index (χ1v) is 10.4. The summed E-state index contributed by atoms with van der Waals surface area (Å²) < 4.78 is 0.872. The third-order valence-corrected chi connectivity index (χ3v) is 5.56. The van der Waals surface area contributed by atoms with Crippen molar-refractivity contribution in [3.05, 3.63) is 29.3 Å². The summed E-state index contributed by atoms with van der Waals surface area (Å²) in [6.07, 6.45) is 5.18. The van der Waals surface area contributed by atoms with E-state index in [9.17, 15) is 0 Å². The maximum atomic E-state index is 3.87. The normalized spacial score (nSPS) is 12.1. The topological polar surface area (TPSA) is 15.3 Å². The van der Waals surface area contributed by atoms with E-state index in [1.807, 2.05) is 0 Å². The Morgan fingerprint density at radius 3 is 1.92 bits per heavy atom. The first-order chi connectivity index (χ1) is 12.0. The van der Waals surface area contributed by atoms with Gasteiger partial charge in [-0.1, -0.05) is 32.8 Å². The predicted molar refractivity (Wildman–Crippen MR) is 113 cm³/mol. The fraction of sp³-hybridized carbons (Fsp3) is 0.727. The lowest BCUT2D eigenvalue weighted by atomic mass is 10.1. The number of quaternary nitrogens is 1. The van der Waals surface area contributed by atoms with Crippen molar-refractivity contribution in [2.24, 2.45) is 0 Å². The van der Waals surface area contributed by atoms with Gasteiger partial charge >= 0.3 is 0 Å². The van der Waals surface area contributed by atoms with Gasteiger partial charge in [0, 0.05) is 18.7 Å². The largest absolute Gasteiger partial charge is 0.302 e. The van der Waals surface area contributed by atoms with Crippen LogP contribution in [0.4, 0.5) is 5.69 Å². The highest BCUT2D eigenvalue weighted by atomic mass is 15.7. The van der Waals surface area contributed by atoms with Gasteiger partial charge in [0.15, 0.2) is 5.69 Å². The van der Waals surface area contributed by atoms with Crippen LogP contribution in [0.15, 0.2) is 18.2 Å². The molecule has 0 saturated carbocycles. The van der Waals surface area contributed by atoms with E-state index >= 15 is 0 Å². The van der Waals surface area contributed by atoms with Crippen molar-refractivity contribution in [1.29, 1.82) is 0 Å². The van der Waals surface area contributed by atoms with Crippen LogP contribution in [-0.2, 0) is 0 Å². The summed E-state index contributed by atoms with van der Waals surface area (Å²) in [4.78, 5) is 2.64. The van der Waals surface area contributed by atoms with Crippen LogP contribution in [0.3, 0.4) is 0 Å². The van der Waals surface area contributed by atoms with Gasteiger partial charge in [0.1, 0.15) is 0 Å². The first kappa shape index (κ1) is 22.1. The molecule has 3 nitrogen and oxygen atoms in total. The Morgan fingerprint density at radius 1 is 0.840 bits per heavy atom. The van der Waals surface area contributed by atoms with Crippen molar-refractivity contribution >= 4 is 5.69 Å². The number of hydrogen-bond acceptors (Lipinski definition) is 2. The summed E-state index contributed by atoms with van der Waals surface area (Å²) in [6.45, 7) is 20.4. The molecule has 0 bridgehead atoms. The summed E-state index contributed by atoms with van der Waals surface area (Å²) >= 11 is 0. The Balaban J connectivity index is 2.74. The highest BCUT2D eigenvalue weighted by molar-refractivity contribution is 5.47. The van der Waals surface area contributed by atoms with Crippen LogP contribution < -0.4 is 10.0 Å². The molecular weight excluding hydrogens is 306 g/mol. The minimum atomic E-state index is 0.872. The van der Waals surface area contributed by atoms with E-state index in [-0.39, 0.29) is 0 Å². The number of nitrogens with one attached hydrogen (secondary N) is 1. The minimum Gasteiger partial charge on any atom is -0.302 e. The molecule has 0 atom stereocenters. The zero-order valence-electron chi connectivity index (χ0n) is 17.7. The van der Waals surface area contributed by atoms with Gasteiger partial charge in [-0.15, -0.1) is 0 Å². The molecule has 0 aliphatic heterocycles. The zero-order valence-corrected chi connectivity index (χ0v) is 17.7. The van der Waals surface area contributed by atoms with E-state index in [0.29, 0.717) is 0 Å². The van der Waals surface area contributed by atoms with E-state index in [1.54, 1.807) is 0 Å². The standard InChI is InChI=1S/C22H42N3/c1-7-11-16-24(17-12-8-2)18-15-23-25(9-3,10-4)22-14-13-20(5)21(6)19-22/h13-14,19,23H,7-12,15-18H2,1-6H3/q+1. The van der Waals surface area contributed by atoms with Crippen molar-refractivity contribution in [3.63, 3.8) is 0 Å². The van der Waals surface area contributed by atoms with Crippen molar-refractivity contribution in [1.82, 2.24) is 14.9 Å². The molecule has 0 aliphatic carbocycles. The molecule has 0 spiro atoms. The third-order valence-electron chi connectivity index (χ3n) is 5.56. The van der Waals surface area contributed by atoms with Gasteiger partial charge in [0.05, 0.1) is 19.6 Å². The monoisotopic (exact) mass is 348 g/mol. The molecule has 0 amide bonds. The van der Waals surface area contributed by atoms with Crippen molar-refractivity contribution in [3.8, 4) is 0 Å². The van der Waals surface area contributed by atoms with Crippen molar-refractivity contribution < 1.29 is 0 Å². The van der Waals surface area contributed by atoms with Gasteiger partial charge in [0.25, 0.3) is 0 Å². The molecule has 0 aromatic heterocycles. The second-order valence-corrected chi connectivity index (χ2v) is 7.33. The molecule has 25 heavy (non-hydrogen) atoms. The Bertz CT molecular complexity index is 472. The van der Waals surface area contributed by atoms with Crippen molar-refractivity contribution in [2.75, 3.05) is 39.3 Å². The Labute approximate surface area is 157 Å². The summed E-state index contributed by atoms with van der Waals surface area (Å²) in [6, 6.07) is 6.93. The molecule has 0 aliphatic rings. The SMILES string of the molecule is CCCCN(CCCC)CCN[N+](CC)(CC)c1ccc(C)c(C)c1. The second-order valence-electron chi connectivity index (χ2n) is 7.33. The van der Waals surface area contributed by atoms with Gasteiger partial charge in [-0.05, 0) is 64.8 Å². The van der Waals surface area contributed by atoms with Crippen LogP contribution in [0.5, 0.6) is 0 Å². The summed E-state index contributed by atoms with van der Waals surface area (Å²) in [7, 11) is 0. The average molecular weight is 349 g/mol.